The molecule has 1 aromatic carbocycles. The number of carbonyl (C=O) groups is 1. The standard InChI is InChI=1S/C12H12N2O2S2/c1-16-14-9-6-4-3-5-8(9)12(10(14)15)7-13-11(17-2)18-12/h3-6H,7H2,1-2H3/t12-/m0/s1. The first-order chi connectivity index (χ1) is 8.73. The normalized spacial score (nSPS) is 25.8. The average Bonchev–Trinajstić information content (AvgIpc) is 2.94. The highest BCUT2D eigenvalue weighted by Crippen LogP contribution is 2.53. The van der Waals surface area contributed by atoms with Crippen molar-refractivity contribution in [2.45, 2.75) is 4.75 Å². The number of aliphatic imine (C=N–C) groups is 1. The largest absolute Gasteiger partial charge is 0.274 e. The molecular formula is C12H12N2O2S2. The molecule has 0 aliphatic carbocycles. The van der Waals surface area contributed by atoms with Gasteiger partial charge in [0.25, 0.3) is 5.91 Å². The van der Waals surface area contributed by atoms with Crippen molar-refractivity contribution in [3.8, 4) is 0 Å². The Hall–Kier alpha value is -0.980. The minimum Gasteiger partial charge on any atom is -0.270 e. The first kappa shape index (κ1) is 12.1. The lowest BCUT2D eigenvalue weighted by Crippen LogP contribution is -2.38. The van der Waals surface area contributed by atoms with Gasteiger partial charge in [0, 0.05) is 5.56 Å². The molecule has 2 heterocycles. The van der Waals surface area contributed by atoms with Crippen molar-refractivity contribution in [2.75, 3.05) is 25.0 Å². The molecule has 1 amide bonds. The second kappa shape index (κ2) is 4.29. The zero-order valence-electron chi connectivity index (χ0n) is 10.0. The summed E-state index contributed by atoms with van der Waals surface area (Å²) in [5.41, 5.74) is 1.82. The van der Waals surface area contributed by atoms with Gasteiger partial charge in [-0.05, 0) is 12.3 Å². The predicted molar refractivity (Wildman–Crippen MR) is 76.0 cm³/mol. The first-order valence-corrected chi connectivity index (χ1v) is 7.52. The topological polar surface area (TPSA) is 41.9 Å². The quantitative estimate of drug-likeness (QED) is 0.791. The van der Waals surface area contributed by atoms with Crippen LogP contribution in [0.25, 0.3) is 0 Å². The summed E-state index contributed by atoms with van der Waals surface area (Å²) in [6, 6.07) is 7.75. The molecule has 18 heavy (non-hydrogen) atoms. The van der Waals surface area contributed by atoms with E-state index in [2.05, 4.69) is 4.99 Å². The second-order valence-electron chi connectivity index (χ2n) is 4.01. The van der Waals surface area contributed by atoms with Gasteiger partial charge in [-0.1, -0.05) is 30.0 Å². The molecule has 2 aliphatic rings. The fourth-order valence-electron chi connectivity index (χ4n) is 2.31. The number of benzene rings is 1. The van der Waals surface area contributed by atoms with Crippen molar-refractivity contribution in [1.82, 2.24) is 0 Å². The van der Waals surface area contributed by atoms with Crippen molar-refractivity contribution >= 4 is 39.5 Å². The lowest BCUT2D eigenvalue weighted by molar-refractivity contribution is -0.125. The lowest BCUT2D eigenvalue weighted by atomic mass is 10.00. The summed E-state index contributed by atoms with van der Waals surface area (Å²) in [5, 5.41) is 1.38. The number of nitrogens with zero attached hydrogens (tertiary/aromatic N) is 2. The van der Waals surface area contributed by atoms with Crippen LogP contribution < -0.4 is 5.06 Å². The average molecular weight is 280 g/mol. The van der Waals surface area contributed by atoms with Gasteiger partial charge in [0.2, 0.25) is 0 Å². The van der Waals surface area contributed by atoms with E-state index in [9.17, 15) is 4.79 Å². The van der Waals surface area contributed by atoms with Crippen LogP contribution in [0.15, 0.2) is 29.3 Å². The van der Waals surface area contributed by atoms with Gasteiger partial charge >= 0.3 is 0 Å². The van der Waals surface area contributed by atoms with Crippen molar-refractivity contribution in [3.05, 3.63) is 29.8 Å². The molecule has 94 valence electrons. The molecule has 2 aliphatic heterocycles. The number of hydroxylamine groups is 1. The number of anilines is 1. The highest BCUT2D eigenvalue weighted by Gasteiger charge is 2.55. The number of hydrogen-bond donors (Lipinski definition) is 0. The van der Waals surface area contributed by atoms with Crippen molar-refractivity contribution in [2.24, 2.45) is 4.99 Å². The van der Waals surface area contributed by atoms with Crippen LogP contribution in [0.2, 0.25) is 0 Å². The minimum atomic E-state index is -0.620. The molecule has 0 unspecified atom stereocenters. The van der Waals surface area contributed by atoms with Gasteiger partial charge in [0.15, 0.2) is 4.75 Å². The number of para-hydroxylation sites is 1. The fourth-order valence-corrected chi connectivity index (χ4v) is 4.27. The van der Waals surface area contributed by atoms with E-state index in [0.29, 0.717) is 6.54 Å². The highest BCUT2D eigenvalue weighted by molar-refractivity contribution is 8.39. The van der Waals surface area contributed by atoms with Crippen LogP contribution in [-0.4, -0.2) is 30.2 Å². The fraction of sp³-hybridized carbons (Fsp3) is 0.333. The molecule has 1 aromatic rings. The molecule has 1 spiro atoms. The van der Waals surface area contributed by atoms with Gasteiger partial charge in [-0.15, -0.1) is 11.8 Å². The van der Waals surface area contributed by atoms with E-state index in [1.807, 2.05) is 30.5 Å². The Morgan fingerprint density at radius 3 is 2.94 bits per heavy atom. The predicted octanol–water partition coefficient (Wildman–Crippen LogP) is 2.26. The molecule has 0 radical (unpaired) electrons. The molecule has 0 saturated heterocycles. The summed E-state index contributed by atoms with van der Waals surface area (Å²) in [5.74, 6) is -0.0380. The van der Waals surface area contributed by atoms with E-state index >= 15 is 0 Å². The molecule has 0 fully saturated rings. The second-order valence-corrected chi connectivity index (χ2v) is 6.36. The number of fused-ring (bicyclic) bond motifs is 2. The van der Waals surface area contributed by atoms with Crippen molar-refractivity contribution in [1.29, 1.82) is 0 Å². The van der Waals surface area contributed by atoms with Gasteiger partial charge in [-0.2, -0.15) is 5.06 Å². The van der Waals surface area contributed by atoms with E-state index < -0.39 is 4.75 Å². The highest BCUT2D eigenvalue weighted by atomic mass is 32.2. The Kier molecular flexibility index (Phi) is 2.88. The molecule has 0 aromatic heterocycles. The van der Waals surface area contributed by atoms with Gasteiger partial charge < -0.3 is 0 Å². The zero-order chi connectivity index (χ0) is 12.8. The molecule has 4 nitrogen and oxygen atoms in total. The lowest BCUT2D eigenvalue weighted by Gasteiger charge is -2.20. The Morgan fingerprint density at radius 2 is 2.28 bits per heavy atom. The van der Waals surface area contributed by atoms with Crippen molar-refractivity contribution in [3.63, 3.8) is 0 Å². The maximum atomic E-state index is 12.6. The molecule has 0 bridgehead atoms. The zero-order valence-corrected chi connectivity index (χ0v) is 11.7. The van der Waals surface area contributed by atoms with E-state index in [-0.39, 0.29) is 5.91 Å². The Labute approximate surface area is 114 Å². The third kappa shape index (κ3) is 1.46. The smallest absolute Gasteiger partial charge is 0.270 e. The number of thioether (sulfide) groups is 2. The van der Waals surface area contributed by atoms with Crippen LogP contribution in [0.5, 0.6) is 0 Å². The molecule has 0 saturated carbocycles. The maximum Gasteiger partial charge on any atom is 0.274 e. The summed E-state index contributed by atoms with van der Waals surface area (Å²) in [6.07, 6.45) is 1.98. The minimum absolute atomic E-state index is 0.0380. The van der Waals surface area contributed by atoms with Crippen LogP contribution in [0.1, 0.15) is 5.56 Å². The third-order valence-electron chi connectivity index (χ3n) is 3.14. The summed E-state index contributed by atoms with van der Waals surface area (Å²) >= 11 is 3.11. The molecule has 3 rings (SSSR count). The third-order valence-corrected chi connectivity index (χ3v) is 5.54. The van der Waals surface area contributed by atoms with Crippen LogP contribution in [-0.2, 0) is 14.4 Å². The van der Waals surface area contributed by atoms with Crippen LogP contribution >= 0.6 is 23.5 Å². The van der Waals surface area contributed by atoms with E-state index in [1.54, 1.807) is 11.8 Å². The molecule has 1 atom stereocenters. The van der Waals surface area contributed by atoms with Gasteiger partial charge in [0.05, 0.1) is 19.3 Å². The summed E-state index contributed by atoms with van der Waals surface area (Å²) in [7, 11) is 1.52. The SMILES string of the molecule is CON1C(=O)[C@]2(CN=C(SC)S2)c2ccccc21. The van der Waals surface area contributed by atoms with E-state index in [4.69, 9.17) is 4.84 Å². The van der Waals surface area contributed by atoms with E-state index in [1.165, 1.54) is 23.9 Å². The van der Waals surface area contributed by atoms with Gasteiger partial charge in [0.1, 0.15) is 4.38 Å². The van der Waals surface area contributed by atoms with Crippen LogP contribution in [0.4, 0.5) is 5.69 Å². The Morgan fingerprint density at radius 1 is 1.50 bits per heavy atom. The molecule has 0 N–H and O–H groups in total. The van der Waals surface area contributed by atoms with Crippen LogP contribution in [0.3, 0.4) is 0 Å². The molecule has 6 heteroatoms. The number of amides is 1. The van der Waals surface area contributed by atoms with Gasteiger partial charge in [-0.3, -0.25) is 14.6 Å². The monoisotopic (exact) mass is 280 g/mol. The number of carbonyl (C=O) groups excluding carboxylic acids is 1. The Balaban J connectivity index is 2.10. The number of rotatable bonds is 1. The summed E-state index contributed by atoms with van der Waals surface area (Å²) in [4.78, 5) is 22.2. The summed E-state index contributed by atoms with van der Waals surface area (Å²) in [6.45, 7) is 0.490. The molecular weight excluding hydrogens is 268 g/mol. The maximum absolute atomic E-state index is 12.6. The summed E-state index contributed by atoms with van der Waals surface area (Å²) < 4.78 is 0.335. The van der Waals surface area contributed by atoms with Crippen LogP contribution in [0, 0.1) is 0 Å². The van der Waals surface area contributed by atoms with E-state index in [0.717, 1.165) is 15.6 Å². The van der Waals surface area contributed by atoms with Crippen molar-refractivity contribution < 1.29 is 9.63 Å². The van der Waals surface area contributed by atoms with Gasteiger partial charge in [-0.25, -0.2) is 0 Å². The number of hydrogen-bond acceptors (Lipinski definition) is 5. The Bertz CT molecular complexity index is 547. The first-order valence-electron chi connectivity index (χ1n) is 5.48.